The number of rotatable bonds is 4. The zero-order valence-electron chi connectivity index (χ0n) is 11.1. The van der Waals surface area contributed by atoms with Gasteiger partial charge in [0.15, 0.2) is 0 Å². The molecule has 0 saturated carbocycles. The van der Waals surface area contributed by atoms with Gasteiger partial charge in [0.1, 0.15) is 11.6 Å². The predicted octanol–water partition coefficient (Wildman–Crippen LogP) is 3.52. The standard InChI is InChI=1S/C15H10F2N2O3/c16-11-5-6-14(13(17)9-11)18-15(20)7-4-10-2-1-3-12(8-10)19(21)22/h1-9H,(H,18,20)/b7-4+. The summed E-state index contributed by atoms with van der Waals surface area (Å²) >= 11 is 0. The third-order valence-corrected chi connectivity index (χ3v) is 2.70. The molecule has 112 valence electrons. The van der Waals surface area contributed by atoms with Crippen LogP contribution in [0.15, 0.2) is 48.5 Å². The Hall–Kier alpha value is -3.09. The minimum Gasteiger partial charge on any atom is -0.320 e. The Labute approximate surface area is 124 Å². The number of nitrogens with zero attached hydrogens (tertiary/aromatic N) is 1. The zero-order chi connectivity index (χ0) is 16.1. The third-order valence-electron chi connectivity index (χ3n) is 2.70. The van der Waals surface area contributed by atoms with Crippen molar-refractivity contribution < 1.29 is 18.5 Å². The lowest BCUT2D eigenvalue weighted by Crippen LogP contribution is -2.09. The van der Waals surface area contributed by atoms with Crippen LogP contribution in [0.4, 0.5) is 20.2 Å². The van der Waals surface area contributed by atoms with E-state index in [1.165, 1.54) is 24.3 Å². The fourth-order valence-corrected chi connectivity index (χ4v) is 1.68. The number of carbonyl (C=O) groups is 1. The number of benzene rings is 2. The molecule has 2 rings (SSSR count). The smallest absolute Gasteiger partial charge is 0.270 e. The molecule has 2 aromatic carbocycles. The summed E-state index contributed by atoms with van der Waals surface area (Å²) in [6.07, 6.45) is 2.45. The Bertz CT molecular complexity index is 760. The van der Waals surface area contributed by atoms with E-state index in [-0.39, 0.29) is 11.4 Å². The van der Waals surface area contributed by atoms with Crippen molar-refractivity contribution in [2.75, 3.05) is 5.32 Å². The Balaban J connectivity index is 2.08. The van der Waals surface area contributed by atoms with Crippen LogP contribution in [0.3, 0.4) is 0 Å². The van der Waals surface area contributed by atoms with Crippen LogP contribution in [-0.2, 0) is 4.79 Å². The van der Waals surface area contributed by atoms with Gasteiger partial charge in [-0.1, -0.05) is 12.1 Å². The number of non-ortho nitro benzene ring substituents is 1. The molecule has 0 saturated heterocycles. The van der Waals surface area contributed by atoms with Gasteiger partial charge in [0.05, 0.1) is 10.6 Å². The first-order valence-corrected chi connectivity index (χ1v) is 6.14. The lowest BCUT2D eigenvalue weighted by Gasteiger charge is -2.03. The lowest BCUT2D eigenvalue weighted by molar-refractivity contribution is -0.384. The second-order valence-corrected chi connectivity index (χ2v) is 4.30. The van der Waals surface area contributed by atoms with Crippen LogP contribution in [0.2, 0.25) is 0 Å². The maximum absolute atomic E-state index is 13.4. The summed E-state index contributed by atoms with van der Waals surface area (Å²) in [5.74, 6) is -2.28. The fourth-order valence-electron chi connectivity index (χ4n) is 1.68. The van der Waals surface area contributed by atoms with Gasteiger partial charge in [-0.25, -0.2) is 8.78 Å². The second kappa shape index (κ2) is 6.57. The van der Waals surface area contributed by atoms with Gasteiger partial charge >= 0.3 is 0 Å². The molecule has 0 radical (unpaired) electrons. The van der Waals surface area contributed by atoms with Gasteiger partial charge in [0.2, 0.25) is 5.91 Å². The number of halogens is 2. The van der Waals surface area contributed by atoms with Gasteiger partial charge in [-0.05, 0) is 23.8 Å². The van der Waals surface area contributed by atoms with Crippen molar-refractivity contribution in [3.8, 4) is 0 Å². The van der Waals surface area contributed by atoms with Crippen molar-refractivity contribution >= 4 is 23.4 Å². The fraction of sp³-hybridized carbons (Fsp3) is 0. The SMILES string of the molecule is O=C(/C=C/c1cccc([N+](=O)[O-])c1)Nc1ccc(F)cc1F. The maximum Gasteiger partial charge on any atom is 0.270 e. The molecule has 0 aliphatic rings. The molecule has 0 aliphatic heterocycles. The van der Waals surface area contributed by atoms with Crippen molar-refractivity contribution in [3.63, 3.8) is 0 Å². The van der Waals surface area contributed by atoms with E-state index < -0.39 is 22.5 Å². The number of anilines is 1. The monoisotopic (exact) mass is 304 g/mol. The summed E-state index contributed by atoms with van der Waals surface area (Å²) in [5.41, 5.74) is 0.186. The number of hydrogen-bond acceptors (Lipinski definition) is 3. The van der Waals surface area contributed by atoms with E-state index in [0.717, 1.165) is 18.2 Å². The van der Waals surface area contributed by atoms with Gasteiger partial charge in [0.25, 0.3) is 5.69 Å². The normalized spacial score (nSPS) is 10.6. The molecule has 1 N–H and O–H groups in total. The Morgan fingerprint density at radius 2 is 1.95 bits per heavy atom. The molecule has 0 heterocycles. The molecule has 7 heteroatoms. The summed E-state index contributed by atoms with van der Waals surface area (Å²) in [7, 11) is 0. The van der Waals surface area contributed by atoms with Crippen molar-refractivity contribution in [2.45, 2.75) is 0 Å². The first-order chi connectivity index (χ1) is 10.5. The molecule has 0 bridgehead atoms. The topological polar surface area (TPSA) is 72.2 Å². The number of hydrogen-bond donors (Lipinski definition) is 1. The molecule has 1 amide bonds. The molecule has 0 spiro atoms. The number of amides is 1. The van der Waals surface area contributed by atoms with Gasteiger partial charge in [-0.3, -0.25) is 14.9 Å². The average Bonchev–Trinajstić information content (AvgIpc) is 2.48. The largest absolute Gasteiger partial charge is 0.320 e. The first kappa shape index (κ1) is 15.3. The quantitative estimate of drug-likeness (QED) is 0.533. The maximum atomic E-state index is 13.4. The van der Waals surface area contributed by atoms with Crippen LogP contribution in [0.5, 0.6) is 0 Å². The van der Waals surface area contributed by atoms with Gasteiger partial charge < -0.3 is 5.32 Å². The van der Waals surface area contributed by atoms with Gasteiger partial charge in [0, 0.05) is 24.3 Å². The van der Waals surface area contributed by atoms with E-state index in [9.17, 15) is 23.7 Å². The Morgan fingerprint density at radius 3 is 2.64 bits per heavy atom. The van der Waals surface area contributed by atoms with Crippen molar-refractivity contribution in [1.82, 2.24) is 0 Å². The summed E-state index contributed by atoms with van der Waals surface area (Å²) in [6.45, 7) is 0. The highest BCUT2D eigenvalue weighted by Crippen LogP contribution is 2.16. The average molecular weight is 304 g/mol. The molecule has 0 unspecified atom stereocenters. The van der Waals surface area contributed by atoms with E-state index in [0.29, 0.717) is 11.6 Å². The second-order valence-electron chi connectivity index (χ2n) is 4.30. The third kappa shape index (κ3) is 3.95. The van der Waals surface area contributed by atoms with Crippen molar-refractivity contribution in [1.29, 1.82) is 0 Å². The lowest BCUT2D eigenvalue weighted by atomic mass is 10.2. The molecule has 5 nitrogen and oxygen atoms in total. The van der Waals surface area contributed by atoms with Crippen LogP contribution in [0, 0.1) is 21.7 Å². The molecule has 0 atom stereocenters. The molecular formula is C15H10F2N2O3. The van der Waals surface area contributed by atoms with E-state index >= 15 is 0 Å². The summed E-state index contributed by atoms with van der Waals surface area (Å²) in [5, 5.41) is 12.9. The zero-order valence-corrected chi connectivity index (χ0v) is 11.1. The summed E-state index contributed by atoms with van der Waals surface area (Å²) < 4.78 is 26.1. The van der Waals surface area contributed by atoms with Crippen molar-refractivity contribution in [2.24, 2.45) is 0 Å². The van der Waals surface area contributed by atoms with Crippen LogP contribution >= 0.6 is 0 Å². The molecular weight excluding hydrogens is 294 g/mol. The van der Waals surface area contributed by atoms with Crippen LogP contribution in [-0.4, -0.2) is 10.8 Å². The van der Waals surface area contributed by atoms with Crippen LogP contribution in [0.1, 0.15) is 5.56 Å². The van der Waals surface area contributed by atoms with E-state index in [1.807, 2.05) is 0 Å². The van der Waals surface area contributed by atoms with Gasteiger partial charge in [-0.15, -0.1) is 0 Å². The highest BCUT2D eigenvalue weighted by Gasteiger charge is 2.07. The van der Waals surface area contributed by atoms with E-state index in [1.54, 1.807) is 6.07 Å². The predicted molar refractivity (Wildman–Crippen MR) is 77.1 cm³/mol. The van der Waals surface area contributed by atoms with Crippen molar-refractivity contribution in [3.05, 3.63) is 75.9 Å². The molecule has 0 aromatic heterocycles. The highest BCUT2D eigenvalue weighted by atomic mass is 19.1. The molecule has 22 heavy (non-hydrogen) atoms. The summed E-state index contributed by atoms with van der Waals surface area (Å²) in [4.78, 5) is 21.7. The number of nitro benzene ring substituents is 1. The molecule has 0 fully saturated rings. The number of carbonyl (C=O) groups excluding carboxylic acids is 1. The molecule has 2 aromatic rings. The number of nitro groups is 1. The Kier molecular flexibility index (Phi) is 4.57. The minimum absolute atomic E-state index is 0.105. The van der Waals surface area contributed by atoms with Crippen LogP contribution in [0.25, 0.3) is 6.08 Å². The van der Waals surface area contributed by atoms with Gasteiger partial charge in [-0.2, -0.15) is 0 Å². The number of nitrogens with one attached hydrogen (secondary N) is 1. The molecule has 0 aliphatic carbocycles. The van der Waals surface area contributed by atoms with E-state index in [2.05, 4.69) is 5.32 Å². The van der Waals surface area contributed by atoms with Crippen LogP contribution < -0.4 is 5.32 Å². The summed E-state index contributed by atoms with van der Waals surface area (Å²) in [6, 6.07) is 8.45. The minimum atomic E-state index is -0.892. The first-order valence-electron chi connectivity index (χ1n) is 6.14. The highest BCUT2D eigenvalue weighted by molar-refractivity contribution is 6.02. The Morgan fingerprint density at radius 1 is 1.18 bits per heavy atom. The van der Waals surface area contributed by atoms with E-state index in [4.69, 9.17) is 0 Å².